The number of ketones is 2. The normalized spacial score (nSPS) is 11.2. The molecule has 0 aliphatic rings. The van der Waals surface area contributed by atoms with Gasteiger partial charge in [0, 0.05) is 24.3 Å². The number of carbonyl (C=O) groups is 2. The van der Waals surface area contributed by atoms with Crippen molar-refractivity contribution in [3.8, 4) is 5.75 Å². The Labute approximate surface area is 106 Å². The highest BCUT2D eigenvalue weighted by Gasteiger charge is 2.29. The van der Waals surface area contributed by atoms with Gasteiger partial charge in [0.25, 0.3) is 0 Å². The zero-order chi connectivity index (χ0) is 13.9. The molecule has 0 spiro atoms. The van der Waals surface area contributed by atoms with Gasteiger partial charge in [0.05, 0.1) is 7.11 Å². The summed E-state index contributed by atoms with van der Waals surface area (Å²) in [6, 6.07) is 4.15. The second-order valence-corrected chi connectivity index (χ2v) is 4.88. The number of methoxy groups -OCH3 is 1. The Bertz CT molecular complexity index is 478. The van der Waals surface area contributed by atoms with Gasteiger partial charge < -0.3 is 4.74 Å². The highest BCUT2D eigenvalue weighted by molar-refractivity contribution is 6.36. The van der Waals surface area contributed by atoms with Crippen molar-refractivity contribution in [1.82, 2.24) is 0 Å². The number of benzene rings is 1. The number of hydrogen-bond donors (Lipinski definition) is 0. The zero-order valence-electron chi connectivity index (χ0n) is 11.0. The van der Waals surface area contributed by atoms with E-state index in [1.807, 2.05) is 0 Å². The van der Waals surface area contributed by atoms with Crippen LogP contribution < -0.4 is 4.74 Å². The van der Waals surface area contributed by atoms with Gasteiger partial charge in [-0.05, 0) is 18.2 Å². The van der Waals surface area contributed by atoms with Gasteiger partial charge >= 0.3 is 0 Å². The van der Waals surface area contributed by atoms with Crippen molar-refractivity contribution in [3.05, 3.63) is 29.6 Å². The molecule has 3 nitrogen and oxygen atoms in total. The second kappa shape index (κ2) is 5.29. The van der Waals surface area contributed by atoms with Crippen LogP contribution in [0.2, 0.25) is 0 Å². The van der Waals surface area contributed by atoms with E-state index in [-0.39, 0.29) is 6.42 Å². The first kappa shape index (κ1) is 14.4. The summed E-state index contributed by atoms with van der Waals surface area (Å²) in [6.45, 7) is 4.80. The summed E-state index contributed by atoms with van der Waals surface area (Å²) >= 11 is 0. The van der Waals surface area contributed by atoms with Crippen LogP contribution >= 0.6 is 0 Å². The van der Waals surface area contributed by atoms with E-state index < -0.39 is 22.8 Å². The average Bonchev–Trinajstić information content (AvgIpc) is 2.28. The largest absolute Gasteiger partial charge is 0.496 e. The molecule has 0 heterocycles. The van der Waals surface area contributed by atoms with Crippen LogP contribution in [0.3, 0.4) is 0 Å². The van der Waals surface area contributed by atoms with E-state index in [0.29, 0.717) is 11.3 Å². The topological polar surface area (TPSA) is 43.4 Å². The van der Waals surface area contributed by atoms with Gasteiger partial charge in [-0.25, -0.2) is 4.39 Å². The minimum Gasteiger partial charge on any atom is -0.496 e. The molecular formula is C14H17FO3. The Morgan fingerprint density at radius 3 is 2.44 bits per heavy atom. The predicted molar refractivity (Wildman–Crippen MR) is 66.3 cm³/mol. The summed E-state index contributed by atoms with van der Waals surface area (Å²) in [5.74, 6) is -0.836. The molecule has 0 unspecified atom stereocenters. The Hall–Kier alpha value is -1.71. The standard InChI is InChI=1S/C14H17FO3/c1-9(16)12(17)8-14(2,3)11-7-10(15)5-6-13(11)18-4/h5-7H,8H2,1-4H3. The van der Waals surface area contributed by atoms with Crippen molar-refractivity contribution in [2.45, 2.75) is 32.6 Å². The van der Waals surface area contributed by atoms with Crippen LogP contribution in [0.25, 0.3) is 0 Å². The first-order valence-corrected chi connectivity index (χ1v) is 5.65. The van der Waals surface area contributed by atoms with E-state index in [1.54, 1.807) is 13.8 Å². The van der Waals surface area contributed by atoms with E-state index in [4.69, 9.17) is 4.74 Å². The summed E-state index contributed by atoms with van der Waals surface area (Å²) in [5.41, 5.74) is -0.0736. The maximum atomic E-state index is 13.3. The van der Waals surface area contributed by atoms with Gasteiger partial charge in [-0.2, -0.15) is 0 Å². The molecule has 0 aliphatic heterocycles. The highest BCUT2D eigenvalue weighted by atomic mass is 19.1. The van der Waals surface area contributed by atoms with E-state index in [0.717, 1.165) is 0 Å². The maximum absolute atomic E-state index is 13.3. The number of ether oxygens (including phenoxy) is 1. The smallest absolute Gasteiger partial charge is 0.198 e. The number of hydrogen-bond acceptors (Lipinski definition) is 3. The lowest BCUT2D eigenvalue weighted by atomic mass is 9.79. The lowest BCUT2D eigenvalue weighted by Gasteiger charge is -2.26. The third-order valence-electron chi connectivity index (χ3n) is 2.89. The Kier molecular flexibility index (Phi) is 4.22. The lowest BCUT2D eigenvalue weighted by Crippen LogP contribution is -2.26. The summed E-state index contributed by atoms with van der Waals surface area (Å²) in [7, 11) is 1.49. The SMILES string of the molecule is COc1ccc(F)cc1C(C)(C)CC(=O)C(C)=O. The summed E-state index contributed by atoms with van der Waals surface area (Å²) < 4.78 is 18.5. The molecule has 0 saturated carbocycles. The first-order valence-electron chi connectivity index (χ1n) is 5.65. The molecule has 4 heteroatoms. The van der Waals surface area contributed by atoms with Gasteiger partial charge in [0.2, 0.25) is 0 Å². The number of rotatable bonds is 5. The van der Waals surface area contributed by atoms with Gasteiger partial charge in [-0.3, -0.25) is 9.59 Å². The first-order chi connectivity index (χ1) is 8.27. The van der Waals surface area contributed by atoms with Gasteiger partial charge in [-0.1, -0.05) is 13.8 Å². The quantitative estimate of drug-likeness (QED) is 0.757. The Morgan fingerprint density at radius 2 is 1.94 bits per heavy atom. The summed E-state index contributed by atoms with van der Waals surface area (Å²) in [5, 5.41) is 0. The summed E-state index contributed by atoms with van der Waals surface area (Å²) in [4.78, 5) is 22.6. The molecule has 18 heavy (non-hydrogen) atoms. The zero-order valence-corrected chi connectivity index (χ0v) is 11.0. The Morgan fingerprint density at radius 1 is 1.33 bits per heavy atom. The predicted octanol–water partition coefficient (Wildman–Crippen LogP) is 2.66. The van der Waals surface area contributed by atoms with E-state index in [9.17, 15) is 14.0 Å². The van der Waals surface area contributed by atoms with Gasteiger partial charge in [0.1, 0.15) is 11.6 Å². The Balaban J connectivity index is 3.14. The molecule has 0 aliphatic carbocycles. The van der Waals surface area contributed by atoms with Crippen molar-refractivity contribution >= 4 is 11.6 Å². The molecule has 0 bridgehead atoms. The molecule has 0 fully saturated rings. The van der Waals surface area contributed by atoms with E-state index in [2.05, 4.69) is 0 Å². The molecule has 0 atom stereocenters. The number of Topliss-reactive ketones (excluding diaryl/α,β-unsaturated/α-hetero) is 2. The molecule has 1 aromatic carbocycles. The molecular weight excluding hydrogens is 235 g/mol. The van der Waals surface area contributed by atoms with Crippen LogP contribution in [0.4, 0.5) is 4.39 Å². The molecule has 1 aromatic rings. The molecule has 0 radical (unpaired) electrons. The minimum absolute atomic E-state index is 0.0299. The van der Waals surface area contributed by atoms with Crippen molar-refractivity contribution < 1.29 is 18.7 Å². The van der Waals surface area contributed by atoms with Crippen LogP contribution in [0.5, 0.6) is 5.75 Å². The monoisotopic (exact) mass is 252 g/mol. The van der Waals surface area contributed by atoms with Crippen LogP contribution in [-0.4, -0.2) is 18.7 Å². The maximum Gasteiger partial charge on any atom is 0.198 e. The third-order valence-corrected chi connectivity index (χ3v) is 2.89. The van der Waals surface area contributed by atoms with E-state index >= 15 is 0 Å². The number of carbonyl (C=O) groups excluding carboxylic acids is 2. The second-order valence-electron chi connectivity index (χ2n) is 4.88. The van der Waals surface area contributed by atoms with Gasteiger partial charge in [0.15, 0.2) is 11.6 Å². The van der Waals surface area contributed by atoms with Crippen molar-refractivity contribution in [3.63, 3.8) is 0 Å². The highest BCUT2D eigenvalue weighted by Crippen LogP contribution is 2.35. The molecule has 1 rings (SSSR count). The van der Waals surface area contributed by atoms with Crippen molar-refractivity contribution in [2.24, 2.45) is 0 Å². The van der Waals surface area contributed by atoms with Crippen LogP contribution in [0.15, 0.2) is 18.2 Å². The third kappa shape index (κ3) is 3.15. The molecule has 98 valence electrons. The van der Waals surface area contributed by atoms with E-state index in [1.165, 1.54) is 32.2 Å². The number of halogens is 1. The average molecular weight is 252 g/mol. The van der Waals surface area contributed by atoms with Crippen molar-refractivity contribution in [1.29, 1.82) is 0 Å². The van der Waals surface area contributed by atoms with Crippen molar-refractivity contribution in [2.75, 3.05) is 7.11 Å². The van der Waals surface area contributed by atoms with Crippen LogP contribution in [0, 0.1) is 5.82 Å². The van der Waals surface area contributed by atoms with Gasteiger partial charge in [-0.15, -0.1) is 0 Å². The fourth-order valence-corrected chi connectivity index (χ4v) is 1.83. The fraction of sp³-hybridized carbons (Fsp3) is 0.429. The van der Waals surface area contributed by atoms with Crippen LogP contribution in [-0.2, 0) is 15.0 Å². The molecule has 0 N–H and O–H groups in total. The lowest BCUT2D eigenvalue weighted by molar-refractivity contribution is -0.136. The molecule has 0 saturated heterocycles. The summed E-state index contributed by atoms with van der Waals surface area (Å²) in [6.07, 6.45) is 0.0299. The fourth-order valence-electron chi connectivity index (χ4n) is 1.83. The molecule has 0 aromatic heterocycles. The molecule has 0 amide bonds. The van der Waals surface area contributed by atoms with Crippen LogP contribution in [0.1, 0.15) is 32.8 Å². The minimum atomic E-state index is -0.657.